The Bertz CT molecular complexity index is 589. The summed E-state index contributed by atoms with van der Waals surface area (Å²) in [4.78, 5) is 0. The molecular weight excluding hydrogens is 236 g/mol. The van der Waals surface area contributed by atoms with Crippen molar-refractivity contribution in [3.63, 3.8) is 0 Å². The topological polar surface area (TPSA) is 46.0 Å². The van der Waals surface area contributed by atoms with E-state index in [1.807, 2.05) is 5.38 Å². The molecule has 0 aliphatic rings. The Hall–Kier alpha value is -1.38. The summed E-state index contributed by atoms with van der Waals surface area (Å²) >= 11 is 1.53. The van der Waals surface area contributed by atoms with Gasteiger partial charge in [0.15, 0.2) is 0 Å². The number of thiophene rings is 1. The summed E-state index contributed by atoms with van der Waals surface area (Å²) in [7, 11) is -1.39. The zero-order chi connectivity index (χ0) is 11.8. The van der Waals surface area contributed by atoms with Crippen molar-refractivity contribution in [3.8, 4) is 17.3 Å². The molecule has 0 spiro atoms. The number of hydrogen-bond donors (Lipinski definition) is 1. The van der Waals surface area contributed by atoms with Crippen molar-refractivity contribution in [3.05, 3.63) is 17.1 Å². The maximum Gasteiger partial charge on any atom is 0.241 e. The molecule has 0 unspecified atom stereocenters. The van der Waals surface area contributed by atoms with Gasteiger partial charge in [0.25, 0.3) is 0 Å². The van der Waals surface area contributed by atoms with E-state index < -0.39 is 8.07 Å². The van der Waals surface area contributed by atoms with E-state index in [0.29, 0.717) is 0 Å². The molecule has 1 N–H and O–H groups in total. The molecule has 0 saturated carbocycles. The Morgan fingerprint density at radius 2 is 2.12 bits per heavy atom. The Morgan fingerprint density at radius 3 is 2.81 bits per heavy atom. The van der Waals surface area contributed by atoms with Gasteiger partial charge in [-0.05, 0) is 0 Å². The first kappa shape index (κ1) is 11.1. The maximum absolute atomic E-state index is 9.65. The van der Waals surface area contributed by atoms with Crippen molar-refractivity contribution in [1.29, 1.82) is 0 Å². The number of fused-ring (bicyclic) bond motifs is 1. The average Bonchev–Trinajstić information content (AvgIpc) is 2.58. The lowest BCUT2D eigenvalue weighted by Gasteiger charge is -2.02. The van der Waals surface area contributed by atoms with Crippen LogP contribution in [0.5, 0.6) is 5.88 Å². The van der Waals surface area contributed by atoms with Crippen molar-refractivity contribution in [2.75, 3.05) is 0 Å². The van der Waals surface area contributed by atoms with Crippen LogP contribution in [0.4, 0.5) is 0 Å². The lowest BCUT2D eigenvalue weighted by molar-refractivity contribution is 0.452. The van der Waals surface area contributed by atoms with Gasteiger partial charge in [-0.15, -0.1) is 22.0 Å². The summed E-state index contributed by atoms with van der Waals surface area (Å²) < 4.78 is 0.923. The van der Waals surface area contributed by atoms with E-state index in [1.165, 1.54) is 11.3 Å². The number of aromatic hydroxyl groups is 1. The molecule has 0 amide bonds. The van der Waals surface area contributed by atoms with Crippen molar-refractivity contribution in [2.24, 2.45) is 0 Å². The largest absolute Gasteiger partial charge is 0.492 e. The summed E-state index contributed by atoms with van der Waals surface area (Å²) in [5.74, 6) is 3.11. The van der Waals surface area contributed by atoms with Crippen molar-refractivity contribution < 1.29 is 5.11 Å². The van der Waals surface area contributed by atoms with Crippen LogP contribution in [0.3, 0.4) is 0 Å². The van der Waals surface area contributed by atoms with Gasteiger partial charge in [-0.3, -0.25) is 0 Å². The molecule has 2 rings (SSSR count). The molecule has 0 aliphatic heterocycles. The predicted molar refractivity (Wildman–Crippen MR) is 69.3 cm³/mol. The first-order valence-electron chi connectivity index (χ1n) is 4.92. The zero-order valence-corrected chi connectivity index (χ0v) is 11.2. The fourth-order valence-electron chi connectivity index (χ4n) is 1.23. The molecule has 0 atom stereocenters. The molecule has 16 heavy (non-hydrogen) atoms. The summed E-state index contributed by atoms with van der Waals surface area (Å²) in [6.45, 7) is 6.57. The predicted octanol–water partition coefficient (Wildman–Crippen LogP) is 2.63. The molecule has 82 valence electrons. The molecule has 3 nitrogen and oxygen atoms in total. The minimum Gasteiger partial charge on any atom is -0.492 e. The lowest BCUT2D eigenvalue weighted by Crippen LogP contribution is -2.16. The van der Waals surface area contributed by atoms with E-state index in [0.717, 1.165) is 15.6 Å². The minimum absolute atomic E-state index is 0.0291. The lowest BCUT2D eigenvalue weighted by atomic mass is 10.2. The molecule has 5 heteroatoms. The molecule has 0 radical (unpaired) electrons. The fourth-order valence-corrected chi connectivity index (χ4v) is 2.59. The van der Waals surface area contributed by atoms with E-state index in [9.17, 15) is 5.11 Å². The third kappa shape index (κ3) is 2.23. The van der Waals surface area contributed by atoms with Crippen LogP contribution in [-0.4, -0.2) is 23.4 Å². The van der Waals surface area contributed by atoms with E-state index >= 15 is 0 Å². The highest BCUT2D eigenvalue weighted by atomic mass is 32.1. The summed E-state index contributed by atoms with van der Waals surface area (Å²) in [5, 5.41) is 19.7. The van der Waals surface area contributed by atoms with Gasteiger partial charge in [-0.2, -0.15) is 5.10 Å². The third-order valence-electron chi connectivity index (χ3n) is 1.94. The van der Waals surface area contributed by atoms with Gasteiger partial charge >= 0.3 is 0 Å². The maximum atomic E-state index is 9.65. The molecular formula is C11H12N2OSSi. The van der Waals surface area contributed by atoms with Crippen LogP contribution in [0.1, 0.15) is 5.56 Å². The summed E-state index contributed by atoms with van der Waals surface area (Å²) in [6.07, 6.45) is 1.65. The second-order valence-corrected chi connectivity index (χ2v) is 10.2. The number of aromatic nitrogens is 2. The molecule has 0 aromatic carbocycles. The van der Waals surface area contributed by atoms with E-state index in [-0.39, 0.29) is 5.88 Å². The molecule has 0 aliphatic carbocycles. The van der Waals surface area contributed by atoms with Gasteiger partial charge in [-0.25, -0.2) is 0 Å². The number of hydrogen-bond acceptors (Lipinski definition) is 4. The van der Waals surface area contributed by atoms with Crippen molar-refractivity contribution >= 4 is 29.5 Å². The zero-order valence-electron chi connectivity index (χ0n) is 9.40. The Labute approximate surface area is 99.2 Å². The van der Waals surface area contributed by atoms with Crippen LogP contribution in [0, 0.1) is 11.5 Å². The highest BCUT2D eigenvalue weighted by Crippen LogP contribution is 2.29. The molecule has 0 bridgehead atoms. The van der Waals surface area contributed by atoms with Crippen molar-refractivity contribution in [1.82, 2.24) is 10.2 Å². The molecule has 2 aromatic rings. The van der Waals surface area contributed by atoms with Gasteiger partial charge in [0.05, 0.1) is 16.3 Å². The van der Waals surface area contributed by atoms with Crippen LogP contribution in [0.15, 0.2) is 11.6 Å². The molecule has 2 heterocycles. The number of nitrogens with zero attached hydrogens (tertiary/aromatic N) is 2. The summed E-state index contributed by atoms with van der Waals surface area (Å²) in [5.41, 5.74) is 4.14. The second-order valence-electron chi connectivity index (χ2n) is 4.56. The standard InChI is InChI=1S/C11H12N2OSSi/c1-16(2,3)5-4-8-7-15-9-6-12-13-11(14)10(8)9/h6-7H,1-3H3,(H,13,14). The van der Waals surface area contributed by atoms with E-state index in [4.69, 9.17) is 0 Å². The Morgan fingerprint density at radius 1 is 1.38 bits per heavy atom. The van der Waals surface area contributed by atoms with Crippen LogP contribution in [-0.2, 0) is 0 Å². The molecule has 0 saturated heterocycles. The first-order chi connectivity index (χ1) is 7.47. The molecule has 0 fully saturated rings. The fraction of sp³-hybridized carbons (Fsp3) is 0.273. The van der Waals surface area contributed by atoms with Gasteiger partial charge in [-0.1, -0.05) is 25.6 Å². The highest BCUT2D eigenvalue weighted by Gasteiger charge is 2.11. The quantitative estimate of drug-likeness (QED) is 0.576. The molecule has 2 aromatic heterocycles. The second kappa shape index (κ2) is 3.89. The average molecular weight is 248 g/mol. The van der Waals surface area contributed by atoms with Gasteiger partial charge in [0, 0.05) is 10.9 Å². The van der Waals surface area contributed by atoms with E-state index in [1.54, 1.807) is 6.20 Å². The Kier molecular flexibility index (Phi) is 2.70. The number of rotatable bonds is 0. The van der Waals surface area contributed by atoms with Crippen LogP contribution >= 0.6 is 11.3 Å². The van der Waals surface area contributed by atoms with Crippen LogP contribution in [0.25, 0.3) is 10.1 Å². The monoisotopic (exact) mass is 248 g/mol. The normalized spacial score (nSPS) is 11.2. The van der Waals surface area contributed by atoms with E-state index in [2.05, 4.69) is 41.3 Å². The third-order valence-corrected chi connectivity index (χ3v) is 3.73. The van der Waals surface area contributed by atoms with Crippen LogP contribution in [0.2, 0.25) is 19.6 Å². The first-order valence-corrected chi connectivity index (χ1v) is 9.30. The van der Waals surface area contributed by atoms with Crippen LogP contribution < -0.4 is 0 Å². The van der Waals surface area contributed by atoms with Gasteiger partial charge in [0.2, 0.25) is 5.88 Å². The van der Waals surface area contributed by atoms with Crippen molar-refractivity contribution in [2.45, 2.75) is 19.6 Å². The summed E-state index contributed by atoms with van der Waals surface area (Å²) in [6, 6.07) is 0. The van der Waals surface area contributed by atoms with Gasteiger partial charge < -0.3 is 5.11 Å². The smallest absolute Gasteiger partial charge is 0.241 e. The highest BCUT2D eigenvalue weighted by molar-refractivity contribution is 7.17. The minimum atomic E-state index is -1.39. The Balaban J connectivity index is 2.57. The van der Waals surface area contributed by atoms with Gasteiger partial charge in [0.1, 0.15) is 8.07 Å². The SMILES string of the molecule is C[Si](C)(C)C#Cc1csc2cnnc(O)c12.